The molecule has 1 N–H and O–H groups in total. The van der Waals surface area contributed by atoms with Gasteiger partial charge in [-0.15, -0.1) is 0 Å². The average Bonchev–Trinajstić information content (AvgIpc) is 3.18. The predicted molar refractivity (Wildman–Crippen MR) is 120 cm³/mol. The van der Waals surface area contributed by atoms with Gasteiger partial charge in [-0.2, -0.15) is 0 Å². The number of hydrogen-bond donors (Lipinski definition) is 1. The number of nitrogens with zero attached hydrogens (tertiary/aromatic N) is 2. The lowest BCUT2D eigenvalue weighted by atomic mass is 10.0. The molecule has 2 aliphatic rings. The summed E-state index contributed by atoms with van der Waals surface area (Å²) in [6, 6.07) is 5.24. The van der Waals surface area contributed by atoms with Crippen molar-refractivity contribution in [3.05, 3.63) is 57.7 Å². The second kappa shape index (κ2) is 8.34. The Labute approximate surface area is 188 Å². The predicted octanol–water partition coefficient (Wildman–Crippen LogP) is 3.50. The lowest BCUT2D eigenvalue weighted by molar-refractivity contribution is -0.134. The lowest BCUT2D eigenvalue weighted by Gasteiger charge is -2.35. The second-order valence-corrected chi connectivity index (χ2v) is 8.46. The molecule has 1 aromatic heterocycles. The maximum Gasteiger partial charge on any atom is 0.295 e. The molecule has 4 rings (SSSR count). The fourth-order valence-corrected chi connectivity index (χ4v) is 4.49. The van der Waals surface area contributed by atoms with Gasteiger partial charge in [-0.05, 0) is 24.3 Å². The number of aromatic nitrogens is 1. The number of piperazine rings is 1. The van der Waals surface area contributed by atoms with Crippen LogP contribution < -0.4 is 0 Å². The van der Waals surface area contributed by atoms with Crippen LogP contribution in [0.15, 0.2) is 47.2 Å². The third kappa shape index (κ3) is 3.80. The monoisotopic (exact) mass is 461 g/mol. The van der Waals surface area contributed by atoms with E-state index in [1.165, 1.54) is 11.1 Å². The Bertz CT molecular complexity index is 1140. The Hall–Kier alpha value is -2.48. The third-order valence-corrected chi connectivity index (χ3v) is 6.18. The number of hydrogen-bond acceptors (Lipinski definition) is 4. The molecule has 2 aromatic rings. The Morgan fingerprint density at radius 1 is 1.00 bits per heavy atom. The standard InChI is InChI=1S/C21H17Cl2N3O3S/c22-12-4-5-13(17(30)10-12)20(28)25-6-8-26(9-7-25)21(29)19(27)14-11-24-16-3-1-2-15(23)18(14)16/h1-5,11,24H,6-10H2. The Morgan fingerprint density at radius 2 is 1.70 bits per heavy atom. The summed E-state index contributed by atoms with van der Waals surface area (Å²) in [6.07, 6.45) is 5.20. The van der Waals surface area contributed by atoms with Crippen LogP contribution in [0.1, 0.15) is 16.8 Å². The summed E-state index contributed by atoms with van der Waals surface area (Å²) < 4.78 is 0. The van der Waals surface area contributed by atoms with Crippen LogP contribution in [0.2, 0.25) is 5.02 Å². The Balaban J connectivity index is 1.44. The number of fused-ring (bicyclic) bond motifs is 1. The molecule has 2 amide bonds. The summed E-state index contributed by atoms with van der Waals surface area (Å²) in [5.74, 6) is -1.41. The van der Waals surface area contributed by atoms with E-state index in [0.717, 1.165) is 0 Å². The normalized spacial score (nSPS) is 17.1. The van der Waals surface area contributed by atoms with E-state index in [9.17, 15) is 14.4 Å². The molecule has 154 valence electrons. The number of thiocarbonyl (C=S) groups is 1. The number of carbonyl (C=O) groups excluding carboxylic acids is 3. The lowest BCUT2D eigenvalue weighted by Crippen LogP contribution is -2.52. The number of rotatable bonds is 3. The number of nitrogens with one attached hydrogen (secondary N) is 1. The first-order valence-electron chi connectivity index (χ1n) is 9.35. The number of benzene rings is 1. The molecule has 1 saturated heterocycles. The number of halogens is 2. The zero-order valence-corrected chi connectivity index (χ0v) is 18.1. The van der Waals surface area contributed by atoms with E-state index in [1.807, 2.05) is 0 Å². The molecule has 2 heterocycles. The van der Waals surface area contributed by atoms with E-state index >= 15 is 0 Å². The molecule has 0 radical (unpaired) electrons. The highest BCUT2D eigenvalue weighted by molar-refractivity contribution is 7.81. The van der Waals surface area contributed by atoms with Crippen LogP contribution in [-0.2, 0) is 9.59 Å². The van der Waals surface area contributed by atoms with Gasteiger partial charge in [0.1, 0.15) is 0 Å². The molecular formula is C21H17Cl2N3O3S. The Kier molecular flexibility index (Phi) is 5.77. The highest BCUT2D eigenvalue weighted by atomic mass is 35.5. The largest absolute Gasteiger partial charge is 0.360 e. The molecule has 0 unspecified atom stereocenters. The topological polar surface area (TPSA) is 73.5 Å². The van der Waals surface area contributed by atoms with Crippen LogP contribution in [-0.4, -0.2) is 63.4 Å². The zero-order valence-electron chi connectivity index (χ0n) is 15.8. The summed E-state index contributed by atoms with van der Waals surface area (Å²) in [6.45, 7) is 1.18. The molecule has 1 aliphatic heterocycles. The quantitative estimate of drug-likeness (QED) is 0.431. The summed E-state index contributed by atoms with van der Waals surface area (Å²) in [7, 11) is 0. The van der Waals surface area contributed by atoms with Gasteiger partial charge in [-0.1, -0.05) is 41.5 Å². The first-order chi connectivity index (χ1) is 14.4. The van der Waals surface area contributed by atoms with Crippen molar-refractivity contribution in [3.63, 3.8) is 0 Å². The fourth-order valence-electron chi connectivity index (χ4n) is 3.63. The molecule has 9 heteroatoms. The first kappa shape index (κ1) is 20.8. The van der Waals surface area contributed by atoms with Gasteiger partial charge in [-0.25, -0.2) is 0 Å². The minimum atomic E-state index is -0.620. The van der Waals surface area contributed by atoms with E-state index in [2.05, 4.69) is 4.98 Å². The van der Waals surface area contributed by atoms with Gasteiger partial charge in [0.25, 0.3) is 17.6 Å². The molecule has 1 aliphatic carbocycles. The van der Waals surface area contributed by atoms with Crippen molar-refractivity contribution in [2.75, 3.05) is 26.2 Å². The summed E-state index contributed by atoms with van der Waals surface area (Å²) in [5.41, 5.74) is 1.40. The SMILES string of the molecule is O=C(C(=O)N1CCN(C(=O)C2=CC=C(Cl)CC2=S)CC1)c1c[nH]c2cccc(Cl)c12. The number of allylic oxidation sites excluding steroid dienone is 3. The minimum absolute atomic E-state index is 0.178. The molecule has 30 heavy (non-hydrogen) atoms. The number of H-pyrrole nitrogens is 1. The molecule has 6 nitrogen and oxygen atoms in total. The zero-order chi connectivity index (χ0) is 21.4. The molecule has 0 saturated carbocycles. The third-order valence-electron chi connectivity index (χ3n) is 5.24. The van der Waals surface area contributed by atoms with Crippen molar-refractivity contribution in [3.8, 4) is 0 Å². The van der Waals surface area contributed by atoms with Gasteiger partial charge < -0.3 is 14.8 Å². The highest BCUT2D eigenvalue weighted by Gasteiger charge is 2.31. The van der Waals surface area contributed by atoms with Gasteiger partial charge in [0.2, 0.25) is 0 Å². The fraction of sp³-hybridized carbons (Fsp3) is 0.238. The van der Waals surface area contributed by atoms with Gasteiger partial charge >= 0.3 is 0 Å². The smallest absolute Gasteiger partial charge is 0.295 e. The number of carbonyl (C=O) groups is 3. The number of aromatic amines is 1. The van der Waals surface area contributed by atoms with Crippen molar-refractivity contribution in [1.82, 2.24) is 14.8 Å². The maximum absolute atomic E-state index is 12.8. The van der Waals surface area contributed by atoms with Crippen molar-refractivity contribution in [2.45, 2.75) is 6.42 Å². The van der Waals surface area contributed by atoms with Gasteiger partial charge in [-0.3, -0.25) is 14.4 Å². The molecule has 0 spiro atoms. The second-order valence-electron chi connectivity index (χ2n) is 7.07. The van der Waals surface area contributed by atoms with Gasteiger partial charge in [0.05, 0.1) is 16.2 Å². The van der Waals surface area contributed by atoms with Crippen LogP contribution in [0.5, 0.6) is 0 Å². The highest BCUT2D eigenvalue weighted by Crippen LogP contribution is 2.27. The van der Waals surface area contributed by atoms with Crippen molar-refractivity contribution < 1.29 is 14.4 Å². The van der Waals surface area contributed by atoms with Crippen LogP contribution >= 0.6 is 35.4 Å². The van der Waals surface area contributed by atoms with Gasteiger partial charge in [0.15, 0.2) is 0 Å². The molecule has 1 fully saturated rings. The number of ketones is 1. The van der Waals surface area contributed by atoms with Gasteiger partial charge in [0, 0.05) is 59.6 Å². The van der Waals surface area contributed by atoms with Crippen LogP contribution in [0.3, 0.4) is 0 Å². The van der Waals surface area contributed by atoms with E-state index in [1.54, 1.807) is 35.3 Å². The summed E-state index contributed by atoms with van der Waals surface area (Å²) >= 11 is 17.5. The van der Waals surface area contributed by atoms with E-state index < -0.39 is 11.7 Å². The van der Waals surface area contributed by atoms with Crippen molar-refractivity contribution in [2.24, 2.45) is 0 Å². The van der Waals surface area contributed by atoms with E-state index in [-0.39, 0.29) is 24.6 Å². The summed E-state index contributed by atoms with van der Waals surface area (Å²) in [5, 5.41) is 1.55. The van der Waals surface area contributed by atoms with Crippen LogP contribution in [0.25, 0.3) is 10.9 Å². The molecule has 1 aromatic carbocycles. The molecular weight excluding hydrogens is 445 g/mol. The average molecular weight is 462 g/mol. The number of amides is 2. The van der Waals surface area contributed by atoms with Crippen molar-refractivity contribution >= 4 is 68.8 Å². The van der Waals surface area contributed by atoms with Crippen LogP contribution in [0, 0.1) is 0 Å². The van der Waals surface area contributed by atoms with E-state index in [4.69, 9.17) is 35.4 Å². The Morgan fingerprint density at radius 3 is 2.40 bits per heavy atom. The number of Topliss-reactive ketones (excluding diaryl/α,β-unsaturated/α-hetero) is 1. The first-order valence-corrected chi connectivity index (χ1v) is 10.5. The molecule has 0 atom stereocenters. The van der Waals surface area contributed by atoms with Crippen molar-refractivity contribution in [1.29, 1.82) is 0 Å². The minimum Gasteiger partial charge on any atom is -0.360 e. The maximum atomic E-state index is 12.8. The summed E-state index contributed by atoms with van der Waals surface area (Å²) in [4.78, 5) is 44.9. The molecule has 0 bridgehead atoms. The van der Waals surface area contributed by atoms with Crippen LogP contribution in [0.4, 0.5) is 0 Å². The van der Waals surface area contributed by atoms with E-state index in [0.29, 0.717) is 50.9 Å².